The molecule has 0 bridgehead atoms. The van der Waals surface area contributed by atoms with E-state index in [1.165, 1.54) is 10.0 Å². The molecular weight excluding hydrogens is 432 g/mol. The normalized spacial score (nSPS) is 13.6. The van der Waals surface area contributed by atoms with Gasteiger partial charge in [-0.3, -0.25) is 19.6 Å². The predicted molar refractivity (Wildman–Crippen MR) is 134 cm³/mol. The van der Waals surface area contributed by atoms with Crippen LogP contribution in [0.25, 0.3) is 6.08 Å². The first-order valence-corrected chi connectivity index (χ1v) is 11.9. The summed E-state index contributed by atoms with van der Waals surface area (Å²) in [6.07, 6.45) is 5.05. The quantitative estimate of drug-likeness (QED) is 0.334. The Bertz CT molecular complexity index is 816. The molecule has 0 radical (unpaired) electrons. The minimum Gasteiger partial charge on any atom is -0.320 e. The van der Waals surface area contributed by atoms with Gasteiger partial charge < -0.3 is 5.73 Å². The lowest BCUT2D eigenvalue weighted by atomic mass is 9.92. The third kappa shape index (κ3) is 10.1. The Hall–Kier alpha value is -2.71. The van der Waals surface area contributed by atoms with Gasteiger partial charge in [0.1, 0.15) is 6.04 Å². The van der Waals surface area contributed by atoms with Crippen molar-refractivity contribution in [2.24, 2.45) is 17.1 Å². The van der Waals surface area contributed by atoms with E-state index < -0.39 is 23.9 Å². The van der Waals surface area contributed by atoms with Gasteiger partial charge >= 0.3 is 0 Å². The van der Waals surface area contributed by atoms with E-state index in [1.807, 2.05) is 71.0 Å². The molecular formula is C26H42N4O4. The SMILES string of the molecule is CC(C)CCC(=O)N([C@@H](CC=Cc1ccccc1)C(=O)NO)N(CCC(C)(C)C)C(=O)[C@@H](C)N. The average molecular weight is 475 g/mol. The Kier molecular flexibility index (Phi) is 12.0. The molecule has 0 fully saturated rings. The van der Waals surface area contributed by atoms with E-state index in [9.17, 15) is 19.6 Å². The van der Waals surface area contributed by atoms with Crippen molar-refractivity contribution in [3.63, 3.8) is 0 Å². The summed E-state index contributed by atoms with van der Waals surface area (Å²) in [4.78, 5) is 39.4. The molecule has 0 saturated carbocycles. The summed E-state index contributed by atoms with van der Waals surface area (Å²) in [6, 6.07) is 7.55. The highest BCUT2D eigenvalue weighted by molar-refractivity contribution is 5.90. The Morgan fingerprint density at radius 1 is 1.12 bits per heavy atom. The van der Waals surface area contributed by atoms with Gasteiger partial charge in [0.25, 0.3) is 11.8 Å². The molecule has 34 heavy (non-hydrogen) atoms. The molecule has 0 aliphatic rings. The minimum absolute atomic E-state index is 0.104. The van der Waals surface area contributed by atoms with Crippen LogP contribution in [0.15, 0.2) is 36.4 Å². The van der Waals surface area contributed by atoms with Crippen LogP contribution in [0.4, 0.5) is 0 Å². The second-order valence-corrected chi connectivity index (χ2v) is 10.3. The van der Waals surface area contributed by atoms with Gasteiger partial charge in [-0.2, -0.15) is 0 Å². The maximum atomic E-state index is 13.4. The molecule has 1 aromatic rings. The van der Waals surface area contributed by atoms with Crippen LogP contribution in [0.1, 0.15) is 72.8 Å². The van der Waals surface area contributed by atoms with E-state index in [-0.39, 0.29) is 36.6 Å². The van der Waals surface area contributed by atoms with Crippen LogP contribution in [-0.2, 0) is 14.4 Å². The van der Waals surface area contributed by atoms with Crippen molar-refractivity contribution in [1.29, 1.82) is 0 Å². The first-order valence-electron chi connectivity index (χ1n) is 11.9. The number of carbonyl (C=O) groups is 3. The molecule has 190 valence electrons. The van der Waals surface area contributed by atoms with Crippen LogP contribution in [-0.4, -0.2) is 51.6 Å². The van der Waals surface area contributed by atoms with Crippen molar-refractivity contribution in [2.75, 3.05) is 6.54 Å². The molecule has 0 aliphatic carbocycles. The fourth-order valence-corrected chi connectivity index (χ4v) is 3.29. The first kappa shape index (κ1) is 29.3. The van der Waals surface area contributed by atoms with Crippen molar-refractivity contribution in [2.45, 2.75) is 79.3 Å². The lowest BCUT2D eigenvalue weighted by molar-refractivity contribution is -0.175. The minimum atomic E-state index is -1.12. The third-order valence-corrected chi connectivity index (χ3v) is 5.35. The van der Waals surface area contributed by atoms with Gasteiger partial charge in [0.2, 0.25) is 5.91 Å². The van der Waals surface area contributed by atoms with Gasteiger partial charge in [0.05, 0.1) is 6.04 Å². The molecule has 2 atom stereocenters. The van der Waals surface area contributed by atoms with E-state index in [1.54, 1.807) is 18.5 Å². The van der Waals surface area contributed by atoms with Crippen molar-refractivity contribution >= 4 is 23.8 Å². The Morgan fingerprint density at radius 2 is 1.74 bits per heavy atom. The topological polar surface area (TPSA) is 116 Å². The number of hydrogen-bond donors (Lipinski definition) is 3. The van der Waals surface area contributed by atoms with Gasteiger partial charge in [-0.25, -0.2) is 15.5 Å². The zero-order chi connectivity index (χ0) is 25.9. The molecule has 8 heteroatoms. The second kappa shape index (κ2) is 13.9. The van der Waals surface area contributed by atoms with Gasteiger partial charge in [0, 0.05) is 13.0 Å². The summed E-state index contributed by atoms with van der Waals surface area (Å²) in [5.74, 6) is -1.32. The van der Waals surface area contributed by atoms with Gasteiger partial charge in [-0.15, -0.1) is 0 Å². The monoisotopic (exact) mass is 474 g/mol. The number of hydrogen-bond acceptors (Lipinski definition) is 5. The number of rotatable bonds is 11. The zero-order valence-electron chi connectivity index (χ0n) is 21.5. The molecule has 0 unspecified atom stereocenters. The number of carbonyl (C=O) groups excluding carboxylic acids is 3. The molecule has 0 heterocycles. The first-order chi connectivity index (χ1) is 15.9. The molecule has 0 aliphatic heterocycles. The van der Waals surface area contributed by atoms with Crippen LogP contribution in [0.5, 0.6) is 0 Å². The van der Waals surface area contributed by atoms with Crippen molar-refractivity contribution in [3.05, 3.63) is 42.0 Å². The lowest BCUT2D eigenvalue weighted by Crippen LogP contribution is -2.61. The summed E-state index contributed by atoms with van der Waals surface area (Å²) >= 11 is 0. The Labute approximate surface area is 204 Å². The maximum absolute atomic E-state index is 13.4. The number of amides is 3. The van der Waals surface area contributed by atoms with Crippen LogP contribution in [0.3, 0.4) is 0 Å². The highest BCUT2D eigenvalue weighted by atomic mass is 16.5. The molecule has 4 N–H and O–H groups in total. The Balaban J connectivity index is 3.41. The second-order valence-electron chi connectivity index (χ2n) is 10.3. The molecule has 0 aromatic heterocycles. The largest absolute Gasteiger partial charge is 0.320 e. The summed E-state index contributed by atoms with van der Waals surface area (Å²) in [5, 5.41) is 12.0. The number of nitrogens with one attached hydrogen (secondary N) is 1. The number of benzene rings is 1. The molecule has 0 spiro atoms. The third-order valence-electron chi connectivity index (χ3n) is 5.35. The molecule has 1 rings (SSSR count). The van der Waals surface area contributed by atoms with Gasteiger partial charge in [0.15, 0.2) is 0 Å². The van der Waals surface area contributed by atoms with E-state index in [0.717, 1.165) is 5.56 Å². The number of hydrazine groups is 1. The molecule has 1 aromatic carbocycles. The fraction of sp³-hybridized carbons (Fsp3) is 0.577. The molecule has 8 nitrogen and oxygen atoms in total. The molecule has 3 amide bonds. The van der Waals surface area contributed by atoms with E-state index in [2.05, 4.69) is 0 Å². The standard InChI is InChI=1S/C26H42N4O4/c1-19(2)15-16-23(31)30(29(25(33)20(3)27)18-17-26(4,5)6)22(24(32)28-34)14-10-13-21-11-8-7-9-12-21/h7-13,19-20,22,34H,14-18,27H2,1-6H3,(H,28,32)/t20-,22+/m1/s1. The Morgan fingerprint density at radius 3 is 2.24 bits per heavy atom. The average Bonchev–Trinajstić information content (AvgIpc) is 2.77. The van der Waals surface area contributed by atoms with Crippen LogP contribution in [0, 0.1) is 11.3 Å². The maximum Gasteiger partial charge on any atom is 0.268 e. The van der Waals surface area contributed by atoms with Crippen LogP contribution in [0.2, 0.25) is 0 Å². The highest BCUT2D eigenvalue weighted by Gasteiger charge is 2.37. The number of nitrogens with zero attached hydrogens (tertiary/aromatic N) is 2. The number of nitrogens with two attached hydrogens (primary N) is 1. The summed E-state index contributed by atoms with van der Waals surface area (Å²) in [7, 11) is 0. The number of hydroxylamine groups is 1. The van der Waals surface area contributed by atoms with Gasteiger partial charge in [-0.1, -0.05) is 77.1 Å². The van der Waals surface area contributed by atoms with E-state index >= 15 is 0 Å². The van der Waals surface area contributed by atoms with Crippen LogP contribution < -0.4 is 11.2 Å². The van der Waals surface area contributed by atoms with Crippen molar-refractivity contribution in [1.82, 2.24) is 15.5 Å². The lowest BCUT2D eigenvalue weighted by Gasteiger charge is -2.41. The van der Waals surface area contributed by atoms with E-state index in [0.29, 0.717) is 12.8 Å². The summed E-state index contributed by atoms with van der Waals surface area (Å²) < 4.78 is 0. The van der Waals surface area contributed by atoms with E-state index in [4.69, 9.17) is 5.73 Å². The highest BCUT2D eigenvalue weighted by Crippen LogP contribution is 2.23. The summed E-state index contributed by atoms with van der Waals surface area (Å²) in [6.45, 7) is 11.9. The zero-order valence-corrected chi connectivity index (χ0v) is 21.5. The van der Waals surface area contributed by atoms with Crippen molar-refractivity contribution in [3.8, 4) is 0 Å². The fourth-order valence-electron chi connectivity index (χ4n) is 3.29. The smallest absolute Gasteiger partial charge is 0.268 e. The summed E-state index contributed by atoms with van der Waals surface area (Å²) in [5.41, 5.74) is 8.41. The van der Waals surface area contributed by atoms with Crippen molar-refractivity contribution < 1.29 is 19.6 Å². The van der Waals surface area contributed by atoms with Gasteiger partial charge in [-0.05, 0) is 43.1 Å². The predicted octanol–water partition coefficient (Wildman–Crippen LogP) is 3.76. The van der Waals surface area contributed by atoms with Crippen LogP contribution >= 0.6 is 0 Å². The molecule has 0 saturated heterocycles.